The molecule has 1 fully saturated rings. The van der Waals surface area contributed by atoms with Gasteiger partial charge in [0.2, 0.25) is 5.88 Å². The third-order valence-corrected chi connectivity index (χ3v) is 7.22. The van der Waals surface area contributed by atoms with Crippen molar-refractivity contribution in [2.24, 2.45) is 0 Å². The van der Waals surface area contributed by atoms with Crippen LogP contribution in [0.2, 0.25) is 15.1 Å². The number of rotatable bonds is 6. The van der Waals surface area contributed by atoms with Crippen molar-refractivity contribution >= 4 is 40.7 Å². The Morgan fingerprint density at radius 1 is 0.811 bits per heavy atom. The molecule has 188 valence electrons. The first-order valence-electron chi connectivity index (χ1n) is 12.2. The minimum atomic E-state index is -0.0840. The van der Waals surface area contributed by atoms with Crippen molar-refractivity contribution < 1.29 is 9.53 Å². The van der Waals surface area contributed by atoms with Gasteiger partial charge in [0.1, 0.15) is 12.2 Å². The molecule has 0 unspecified atom stereocenters. The largest absolute Gasteiger partial charge is 0.472 e. The quantitative estimate of drug-likeness (QED) is 0.241. The maximum atomic E-state index is 13.8. The summed E-state index contributed by atoms with van der Waals surface area (Å²) in [6.07, 6.45) is 3.10. The van der Waals surface area contributed by atoms with E-state index in [-0.39, 0.29) is 18.4 Å². The fourth-order valence-corrected chi connectivity index (χ4v) is 5.11. The van der Waals surface area contributed by atoms with Crippen molar-refractivity contribution in [2.75, 3.05) is 13.1 Å². The summed E-state index contributed by atoms with van der Waals surface area (Å²) >= 11 is 19.0. The van der Waals surface area contributed by atoms with Crippen LogP contribution in [0.15, 0.2) is 78.9 Å². The van der Waals surface area contributed by atoms with Gasteiger partial charge in [0.05, 0.1) is 10.7 Å². The summed E-state index contributed by atoms with van der Waals surface area (Å²) < 4.78 is 6.22. The van der Waals surface area contributed by atoms with Gasteiger partial charge in [-0.1, -0.05) is 77.3 Å². The number of halogens is 3. The highest BCUT2D eigenvalue weighted by Gasteiger charge is 2.26. The molecule has 5 rings (SSSR count). The Bertz CT molecular complexity index is 1400. The van der Waals surface area contributed by atoms with Gasteiger partial charge in [-0.05, 0) is 66.8 Å². The van der Waals surface area contributed by atoms with Crippen LogP contribution in [-0.4, -0.2) is 28.9 Å². The molecule has 0 N–H and O–H groups in total. The summed E-state index contributed by atoms with van der Waals surface area (Å²) in [6.45, 7) is 1.72. The van der Waals surface area contributed by atoms with E-state index >= 15 is 0 Å². The Morgan fingerprint density at radius 2 is 1.51 bits per heavy atom. The summed E-state index contributed by atoms with van der Waals surface area (Å²) in [4.78, 5) is 20.6. The number of piperidine rings is 1. The number of carbonyl (C=O) groups is 1. The Kier molecular flexibility index (Phi) is 7.99. The standard InChI is InChI=1S/C30H25Cl3N2O2/c31-22-11-9-21(10-12-22)25-18-26(30(36)35-15-5-2-6-16-35)29(37-19-20-7-3-1-4-8-20)34-28(25)24-14-13-23(32)17-27(24)33/h1,3-4,7-14,17-18H,2,5-6,15-16,19H2. The number of pyridine rings is 1. The lowest BCUT2D eigenvalue weighted by molar-refractivity contribution is 0.0718. The predicted octanol–water partition coefficient (Wildman–Crippen LogP) is 8.58. The van der Waals surface area contributed by atoms with Crippen molar-refractivity contribution in [3.8, 4) is 28.3 Å². The van der Waals surface area contributed by atoms with Crippen LogP contribution in [0.25, 0.3) is 22.4 Å². The number of aromatic nitrogens is 1. The zero-order chi connectivity index (χ0) is 25.8. The molecule has 1 aromatic heterocycles. The van der Waals surface area contributed by atoms with Crippen LogP contribution in [0, 0.1) is 0 Å². The van der Waals surface area contributed by atoms with Crippen LogP contribution in [-0.2, 0) is 6.61 Å². The fourth-order valence-electron chi connectivity index (χ4n) is 4.49. The van der Waals surface area contributed by atoms with Crippen molar-refractivity contribution in [1.29, 1.82) is 0 Å². The van der Waals surface area contributed by atoms with Crippen LogP contribution in [0.1, 0.15) is 35.2 Å². The van der Waals surface area contributed by atoms with Crippen LogP contribution in [0.5, 0.6) is 5.88 Å². The lowest BCUT2D eigenvalue weighted by Gasteiger charge is -2.27. The number of likely N-dealkylation sites (tertiary alicyclic amines) is 1. The van der Waals surface area contributed by atoms with Gasteiger partial charge < -0.3 is 9.64 Å². The smallest absolute Gasteiger partial charge is 0.259 e. The molecule has 0 spiro atoms. The van der Waals surface area contributed by atoms with Crippen molar-refractivity contribution in [3.63, 3.8) is 0 Å². The van der Waals surface area contributed by atoms with E-state index in [1.807, 2.05) is 71.6 Å². The molecule has 0 atom stereocenters. The minimum absolute atomic E-state index is 0.0840. The Labute approximate surface area is 231 Å². The van der Waals surface area contributed by atoms with Gasteiger partial charge in [-0.25, -0.2) is 4.98 Å². The van der Waals surface area contributed by atoms with Crippen LogP contribution >= 0.6 is 34.8 Å². The summed E-state index contributed by atoms with van der Waals surface area (Å²) in [5.41, 5.74) is 4.32. The lowest BCUT2D eigenvalue weighted by Crippen LogP contribution is -2.36. The highest BCUT2D eigenvalue weighted by Crippen LogP contribution is 2.39. The van der Waals surface area contributed by atoms with Crippen molar-refractivity contribution in [2.45, 2.75) is 25.9 Å². The van der Waals surface area contributed by atoms with Crippen LogP contribution in [0.3, 0.4) is 0 Å². The normalized spacial score (nSPS) is 13.4. The van der Waals surface area contributed by atoms with E-state index in [9.17, 15) is 4.79 Å². The highest BCUT2D eigenvalue weighted by atomic mass is 35.5. The van der Waals surface area contributed by atoms with E-state index in [2.05, 4.69) is 0 Å². The van der Waals surface area contributed by atoms with Crippen LogP contribution < -0.4 is 4.74 Å². The molecule has 0 radical (unpaired) electrons. The fraction of sp³-hybridized carbons (Fsp3) is 0.200. The minimum Gasteiger partial charge on any atom is -0.472 e. The number of amides is 1. The van der Waals surface area contributed by atoms with Gasteiger partial charge in [-0.3, -0.25) is 4.79 Å². The van der Waals surface area contributed by atoms with E-state index in [1.54, 1.807) is 12.1 Å². The van der Waals surface area contributed by atoms with E-state index in [0.717, 1.165) is 49.0 Å². The molecule has 0 bridgehead atoms. The molecule has 4 aromatic rings. The summed E-state index contributed by atoms with van der Waals surface area (Å²) in [5, 5.41) is 1.61. The second-order valence-corrected chi connectivity index (χ2v) is 10.3. The average molecular weight is 552 g/mol. The zero-order valence-electron chi connectivity index (χ0n) is 20.1. The second kappa shape index (κ2) is 11.6. The maximum absolute atomic E-state index is 13.8. The van der Waals surface area contributed by atoms with E-state index in [0.29, 0.717) is 31.9 Å². The first-order chi connectivity index (χ1) is 18.0. The number of carbonyl (C=O) groups excluding carboxylic acids is 1. The van der Waals surface area contributed by atoms with Crippen molar-refractivity contribution in [1.82, 2.24) is 9.88 Å². The number of ether oxygens (including phenoxy) is 1. The second-order valence-electron chi connectivity index (χ2n) is 9.00. The molecule has 7 heteroatoms. The maximum Gasteiger partial charge on any atom is 0.259 e. The third-order valence-electron chi connectivity index (χ3n) is 6.42. The molecule has 1 aliphatic rings. The lowest BCUT2D eigenvalue weighted by atomic mass is 9.97. The van der Waals surface area contributed by atoms with Gasteiger partial charge in [0.15, 0.2) is 0 Å². The number of hydrogen-bond donors (Lipinski definition) is 0. The van der Waals surface area contributed by atoms with Gasteiger partial charge in [-0.15, -0.1) is 0 Å². The third kappa shape index (κ3) is 5.93. The van der Waals surface area contributed by atoms with Crippen LogP contribution in [0.4, 0.5) is 0 Å². The Balaban J connectivity index is 1.67. The number of benzene rings is 3. The summed E-state index contributed by atoms with van der Waals surface area (Å²) in [5.74, 6) is 0.192. The van der Waals surface area contributed by atoms with E-state index < -0.39 is 0 Å². The Hall–Kier alpha value is -3.05. The van der Waals surface area contributed by atoms with Gasteiger partial charge in [0, 0.05) is 34.3 Å². The molecule has 3 aromatic carbocycles. The van der Waals surface area contributed by atoms with E-state index in [4.69, 9.17) is 44.5 Å². The highest BCUT2D eigenvalue weighted by molar-refractivity contribution is 6.36. The van der Waals surface area contributed by atoms with Gasteiger partial charge in [0.25, 0.3) is 5.91 Å². The SMILES string of the molecule is O=C(c1cc(-c2ccc(Cl)cc2)c(-c2ccc(Cl)cc2Cl)nc1OCc1ccccc1)N1CCCCC1. The molecule has 0 aliphatic carbocycles. The topological polar surface area (TPSA) is 42.4 Å². The van der Waals surface area contributed by atoms with E-state index in [1.165, 1.54) is 0 Å². The molecular formula is C30H25Cl3N2O2. The molecule has 4 nitrogen and oxygen atoms in total. The van der Waals surface area contributed by atoms with Gasteiger partial charge in [-0.2, -0.15) is 0 Å². The molecule has 1 saturated heterocycles. The summed E-state index contributed by atoms with van der Waals surface area (Å²) in [6, 6.07) is 24.4. The summed E-state index contributed by atoms with van der Waals surface area (Å²) in [7, 11) is 0. The molecule has 37 heavy (non-hydrogen) atoms. The number of hydrogen-bond acceptors (Lipinski definition) is 3. The Morgan fingerprint density at radius 3 is 2.22 bits per heavy atom. The van der Waals surface area contributed by atoms with Gasteiger partial charge >= 0.3 is 0 Å². The number of nitrogens with zero attached hydrogens (tertiary/aromatic N) is 2. The molecule has 1 amide bonds. The predicted molar refractivity (Wildman–Crippen MR) is 151 cm³/mol. The average Bonchev–Trinajstić information content (AvgIpc) is 2.93. The van der Waals surface area contributed by atoms with Crippen molar-refractivity contribution in [3.05, 3.63) is 105 Å². The molecular weight excluding hydrogens is 527 g/mol. The first-order valence-corrected chi connectivity index (χ1v) is 13.4. The molecule has 0 saturated carbocycles. The first kappa shape index (κ1) is 25.6. The zero-order valence-corrected chi connectivity index (χ0v) is 22.4. The molecule has 2 heterocycles. The monoisotopic (exact) mass is 550 g/mol. The molecule has 1 aliphatic heterocycles.